The molecule has 0 radical (unpaired) electrons. The van der Waals surface area contributed by atoms with Gasteiger partial charge in [0.2, 0.25) is 6.79 Å². The van der Waals surface area contributed by atoms with Crippen LogP contribution >= 0.6 is 0 Å². The molecule has 1 saturated carbocycles. The van der Waals surface area contributed by atoms with Crippen LogP contribution in [0.3, 0.4) is 0 Å². The molecular formula is C22H23N3O4. The number of fused-ring (bicyclic) bond motifs is 3. The highest BCUT2D eigenvalue weighted by Crippen LogP contribution is 2.45. The Balaban J connectivity index is 1.32. The smallest absolute Gasteiger partial charge is 0.254 e. The Hall–Kier alpha value is -2.83. The van der Waals surface area contributed by atoms with E-state index in [1.165, 1.54) is 0 Å². The maximum atomic E-state index is 13.2. The molecule has 2 aliphatic carbocycles. The van der Waals surface area contributed by atoms with Crippen molar-refractivity contribution >= 4 is 5.91 Å². The topological polar surface area (TPSA) is 84.5 Å². The second kappa shape index (κ2) is 6.08. The minimum atomic E-state index is -0.197. The Morgan fingerprint density at radius 2 is 2.07 bits per heavy atom. The fourth-order valence-electron chi connectivity index (χ4n) is 5.13. The Morgan fingerprint density at radius 3 is 2.93 bits per heavy atom. The minimum Gasteiger partial charge on any atom is -0.454 e. The fourth-order valence-corrected chi connectivity index (χ4v) is 5.13. The van der Waals surface area contributed by atoms with Crippen LogP contribution in [0.15, 0.2) is 23.0 Å². The Bertz CT molecular complexity index is 1070. The first-order valence-electron chi connectivity index (χ1n) is 10.5. The van der Waals surface area contributed by atoms with E-state index in [4.69, 9.17) is 14.5 Å². The highest BCUT2D eigenvalue weighted by atomic mass is 16.7. The van der Waals surface area contributed by atoms with Crippen molar-refractivity contribution < 1.29 is 14.3 Å². The van der Waals surface area contributed by atoms with Crippen LogP contribution in [-0.2, 0) is 11.8 Å². The summed E-state index contributed by atoms with van der Waals surface area (Å²) in [6.45, 7) is 1.54. The molecule has 1 aromatic carbocycles. The number of hydrogen-bond donors (Lipinski definition) is 1. The summed E-state index contributed by atoms with van der Waals surface area (Å²) >= 11 is 0. The van der Waals surface area contributed by atoms with Crippen LogP contribution in [0.4, 0.5) is 0 Å². The first kappa shape index (κ1) is 17.1. The van der Waals surface area contributed by atoms with E-state index in [2.05, 4.69) is 4.98 Å². The summed E-state index contributed by atoms with van der Waals surface area (Å²) in [4.78, 5) is 35.7. The summed E-state index contributed by atoms with van der Waals surface area (Å²) < 4.78 is 10.8. The Kier molecular flexibility index (Phi) is 3.58. The van der Waals surface area contributed by atoms with Crippen molar-refractivity contribution in [2.24, 2.45) is 0 Å². The molecule has 1 unspecified atom stereocenters. The third kappa shape index (κ3) is 2.67. The van der Waals surface area contributed by atoms with Gasteiger partial charge < -0.3 is 19.4 Å². The molecule has 1 amide bonds. The molecule has 2 aromatic rings. The van der Waals surface area contributed by atoms with Crippen LogP contribution in [0, 0.1) is 0 Å². The lowest BCUT2D eigenvalue weighted by Gasteiger charge is -2.40. The molecule has 6 rings (SSSR count). The largest absolute Gasteiger partial charge is 0.454 e. The summed E-state index contributed by atoms with van der Waals surface area (Å²) in [6, 6.07) is 5.36. The van der Waals surface area contributed by atoms with Crippen molar-refractivity contribution in [1.29, 1.82) is 0 Å². The molecule has 7 heteroatoms. The van der Waals surface area contributed by atoms with Gasteiger partial charge in [-0.25, -0.2) is 4.98 Å². The number of amides is 1. The molecule has 2 aliphatic heterocycles. The molecule has 3 heterocycles. The Morgan fingerprint density at radius 1 is 1.21 bits per heavy atom. The predicted octanol–water partition coefficient (Wildman–Crippen LogP) is 2.50. The van der Waals surface area contributed by atoms with Crippen molar-refractivity contribution in [3.05, 3.63) is 51.2 Å². The van der Waals surface area contributed by atoms with Gasteiger partial charge in [-0.1, -0.05) is 0 Å². The second-order valence-electron chi connectivity index (χ2n) is 8.73. The van der Waals surface area contributed by atoms with Crippen LogP contribution < -0.4 is 15.0 Å². The number of nitrogens with zero attached hydrogens (tertiary/aromatic N) is 2. The van der Waals surface area contributed by atoms with Gasteiger partial charge in [-0.05, 0) is 56.7 Å². The minimum absolute atomic E-state index is 0.00285. The first-order chi connectivity index (χ1) is 14.1. The maximum absolute atomic E-state index is 13.2. The van der Waals surface area contributed by atoms with E-state index < -0.39 is 0 Å². The normalized spacial score (nSPS) is 24.8. The number of aromatic nitrogens is 2. The molecule has 1 saturated heterocycles. The standard InChI is InChI=1S/C22H23N3O4/c26-20-15-6-8-22(18(15)23-19(24-20)13-2-3-13)7-1-9-25(11-22)21(27)14-4-5-16-17(10-14)29-12-28-16/h4-5,10,13H,1-3,6-9,11-12H2,(H,23,24,26). The van der Waals surface area contributed by atoms with E-state index in [1.54, 1.807) is 18.2 Å². The average molecular weight is 393 g/mol. The molecule has 1 atom stereocenters. The maximum Gasteiger partial charge on any atom is 0.254 e. The molecule has 150 valence electrons. The van der Waals surface area contributed by atoms with Crippen LogP contribution in [-0.4, -0.2) is 40.7 Å². The van der Waals surface area contributed by atoms with Gasteiger partial charge in [0.25, 0.3) is 11.5 Å². The van der Waals surface area contributed by atoms with Gasteiger partial charge >= 0.3 is 0 Å². The second-order valence-corrected chi connectivity index (χ2v) is 8.73. The number of carbonyl (C=O) groups excluding carboxylic acids is 1. The average Bonchev–Trinajstić information content (AvgIpc) is 3.39. The number of aromatic amines is 1. The first-order valence-corrected chi connectivity index (χ1v) is 10.5. The van der Waals surface area contributed by atoms with Crippen molar-refractivity contribution in [2.45, 2.75) is 49.9 Å². The molecular weight excluding hydrogens is 370 g/mol. The number of H-pyrrole nitrogens is 1. The van der Waals surface area contributed by atoms with E-state index >= 15 is 0 Å². The van der Waals surface area contributed by atoms with E-state index in [0.29, 0.717) is 29.5 Å². The molecule has 1 aromatic heterocycles. The molecule has 4 aliphatic rings. The lowest BCUT2D eigenvalue weighted by molar-refractivity contribution is 0.0633. The van der Waals surface area contributed by atoms with Gasteiger partial charge in [-0.2, -0.15) is 0 Å². The monoisotopic (exact) mass is 393 g/mol. The van der Waals surface area contributed by atoms with Gasteiger partial charge in [0.15, 0.2) is 11.5 Å². The number of ether oxygens (including phenoxy) is 2. The highest BCUT2D eigenvalue weighted by molar-refractivity contribution is 5.95. The number of likely N-dealkylation sites (tertiary alicyclic amines) is 1. The SMILES string of the molecule is O=C(c1ccc2c(c1)OCO2)N1CCCC2(CCc3c2nc(C2CC2)[nH]c3=O)C1. The van der Waals surface area contributed by atoms with Gasteiger partial charge in [-0.15, -0.1) is 0 Å². The molecule has 1 N–H and O–H groups in total. The third-order valence-electron chi connectivity index (χ3n) is 6.84. The van der Waals surface area contributed by atoms with E-state index in [-0.39, 0.29) is 23.7 Å². The zero-order valence-electron chi connectivity index (χ0n) is 16.2. The summed E-state index contributed by atoms with van der Waals surface area (Å²) in [5.41, 5.74) is 2.21. The van der Waals surface area contributed by atoms with Crippen LogP contribution in [0.5, 0.6) is 11.5 Å². The fraction of sp³-hybridized carbons (Fsp3) is 0.500. The van der Waals surface area contributed by atoms with Gasteiger partial charge in [0.05, 0.1) is 5.69 Å². The molecule has 29 heavy (non-hydrogen) atoms. The number of hydrogen-bond acceptors (Lipinski definition) is 5. The molecule has 7 nitrogen and oxygen atoms in total. The predicted molar refractivity (Wildman–Crippen MR) is 105 cm³/mol. The number of nitrogens with one attached hydrogen (secondary N) is 1. The van der Waals surface area contributed by atoms with E-state index in [9.17, 15) is 9.59 Å². The molecule has 1 spiro atoms. The molecule has 2 fully saturated rings. The number of piperidine rings is 1. The summed E-state index contributed by atoms with van der Waals surface area (Å²) in [6.07, 6.45) is 5.73. The summed E-state index contributed by atoms with van der Waals surface area (Å²) in [5.74, 6) is 2.55. The van der Waals surface area contributed by atoms with E-state index in [1.807, 2.05) is 4.90 Å². The number of rotatable bonds is 2. The quantitative estimate of drug-likeness (QED) is 0.847. The van der Waals surface area contributed by atoms with Gasteiger partial charge in [0, 0.05) is 35.5 Å². The van der Waals surface area contributed by atoms with Crippen LogP contribution in [0.2, 0.25) is 0 Å². The van der Waals surface area contributed by atoms with Crippen LogP contribution in [0.1, 0.15) is 65.5 Å². The number of carbonyl (C=O) groups is 1. The van der Waals surface area contributed by atoms with Crippen molar-refractivity contribution in [3.8, 4) is 11.5 Å². The van der Waals surface area contributed by atoms with E-state index in [0.717, 1.165) is 62.2 Å². The summed E-state index contributed by atoms with van der Waals surface area (Å²) in [7, 11) is 0. The number of benzene rings is 1. The van der Waals surface area contributed by atoms with Gasteiger partial charge in [0.1, 0.15) is 5.82 Å². The zero-order chi connectivity index (χ0) is 19.6. The van der Waals surface area contributed by atoms with Crippen molar-refractivity contribution in [1.82, 2.24) is 14.9 Å². The van der Waals surface area contributed by atoms with Crippen molar-refractivity contribution in [2.75, 3.05) is 19.9 Å². The lowest BCUT2D eigenvalue weighted by Crippen LogP contribution is -2.48. The Labute approximate surface area is 168 Å². The lowest BCUT2D eigenvalue weighted by atomic mass is 9.77. The van der Waals surface area contributed by atoms with Gasteiger partial charge in [-0.3, -0.25) is 9.59 Å². The molecule has 0 bridgehead atoms. The zero-order valence-corrected chi connectivity index (χ0v) is 16.2. The van der Waals surface area contributed by atoms with Crippen molar-refractivity contribution in [3.63, 3.8) is 0 Å². The van der Waals surface area contributed by atoms with Crippen LogP contribution in [0.25, 0.3) is 0 Å². The highest BCUT2D eigenvalue weighted by Gasteiger charge is 2.46. The third-order valence-corrected chi connectivity index (χ3v) is 6.84. The summed E-state index contributed by atoms with van der Waals surface area (Å²) in [5, 5.41) is 0.